The van der Waals surface area contributed by atoms with E-state index in [4.69, 9.17) is 0 Å². The molecule has 0 heterocycles. The van der Waals surface area contributed by atoms with Crippen LogP contribution in [-0.2, 0) is 26.2 Å². The molecule has 0 saturated carbocycles. The van der Waals surface area contributed by atoms with Gasteiger partial charge in [-0.15, -0.1) is 49.7 Å². The molecule has 0 aliphatic carbocycles. The zero-order valence-electron chi connectivity index (χ0n) is 14.7. The van der Waals surface area contributed by atoms with E-state index < -0.39 is 0 Å². The molecule has 0 bridgehead atoms. The van der Waals surface area contributed by atoms with Crippen molar-refractivity contribution < 1.29 is 63.4 Å². The van der Waals surface area contributed by atoms with Crippen molar-refractivity contribution in [3.8, 4) is 0 Å². The Morgan fingerprint density at radius 2 is 1.40 bits per heavy atom. The number of fused-ring (bicyclic) bond motifs is 1. The first-order valence-electron chi connectivity index (χ1n) is 7.30. The quantitative estimate of drug-likeness (QED) is 0.270. The summed E-state index contributed by atoms with van der Waals surface area (Å²) in [6.07, 6.45) is 1.26. The molecule has 0 nitrogen and oxygen atoms in total. The third-order valence-corrected chi connectivity index (χ3v) is 4.47. The molecule has 135 valence electrons. The molecule has 0 saturated heterocycles. The summed E-state index contributed by atoms with van der Waals surface area (Å²) in [6, 6.07) is 25.3. The summed E-state index contributed by atoms with van der Waals surface area (Å²) >= 11 is 0. The molecule has 0 N–H and O–H groups in total. The van der Waals surface area contributed by atoms with Crippen LogP contribution in [0.1, 0.15) is 12.5 Å². The van der Waals surface area contributed by atoms with Gasteiger partial charge in [-0.1, -0.05) is 25.2 Å². The Hall–Kier alpha value is 0.103. The van der Waals surface area contributed by atoms with Crippen molar-refractivity contribution in [2.45, 2.75) is 6.92 Å². The van der Waals surface area contributed by atoms with Crippen LogP contribution in [0.3, 0.4) is 0 Å². The smallest absolute Gasteiger partial charge is 1.00 e. The number of benzene rings is 2. The molecule has 1 radical (unpaired) electrons. The monoisotopic (exact) mass is 489 g/mol. The number of hydrogen-bond donors (Lipinski definition) is 0. The summed E-state index contributed by atoms with van der Waals surface area (Å²) in [5.74, 6) is 1.52. The minimum absolute atomic E-state index is 0. The van der Waals surface area contributed by atoms with Crippen molar-refractivity contribution >= 4 is 18.7 Å². The van der Waals surface area contributed by atoms with Gasteiger partial charge in [-0.25, -0.2) is 0 Å². The van der Waals surface area contributed by atoms with Gasteiger partial charge in [0.05, 0.1) is 0 Å². The maximum absolute atomic E-state index is 2.32. The second-order valence-corrected chi connectivity index (χ2v) is 8.01. The van der Waals surface area contributed by atoms with Crippen molar-refractivity contribution in [2.75, 3.05) is 19.5 Å². The van der Waals surface area contributed by atoms with Gasteiger partial charge in [0.2, 0.25) is 0 Å². The zero-order valence-corrected chi connectivity index (χ0v) is 20.3. The van der Waals surface area contributed by atoms with Gasteiger partial charge in [-0.05, 0) is 13.3 Å². The molecule has 3 rings (SSSR count). The fourth-order valence-electron chi connectivity index (χ4n) is 2.36. The molecule has 3 aromatic rings. The molecule has 0 unspecified atom stereocenters. The summed E-state index contributed by atoms with van der Waals surface area (Å²) in [6.45, 7) is 6.88. The SMILES string of the molecule is C[C-](CP(C)C)c1ccccc1.[Cl-].[Cl-].[Cl-].[Zr+3].c1ccc2[cH-]ccc2c1. The van der Waals surface area contributed by atoms with E-state index in [1.165, 1.54) is 28.4 Å². The van der Waals surface area contributed by atoms with Crippen molar-refractivity contribution in [3.63, 3.8) is 0 Å². The van der Waals surface area contributed by atoms with Crippen LogP contribution >= 0.6 is 7.92 Å². The fourth-order valence-corrected chi connectivity index (χ4v) is 3.49. The van der Waals surface area contributed by atoms with Gasteiger partial charge >= 0.3 is 26.2 Å². The van der Waals surface area contributed by atoms with E-state index in [2.05, 4.69) is 93.0 Å². The Morgan fingerprint density at radius 3 is 1.96 bits per heavy atom. The first-order valence-corrected chi connectivity index (χ1v) is 9.72. The van der Waals surface area contributed by atoms with Gasteiger partial charge in [0.25, 0.3) is 0 Å². The van der Waals surface area contributed by atoms with Crippen LogP contribution in [0, 0.1) is 5.92 Å². The van der Waals surface area contributed by atoms with Gasteiger partial charge in [0, 0.05) is 0 Å². The van der Waals surface area contributed by atoms with E-state index in [1.807, 2.05) is 0 Å². The van der Waals surface area contributed by atoms with Crippen LogP contribution in [0.4, 0.5) is 0 Å². The van der Waals surface area contributed by atoms with E-state index in [1.54, 1.807) is 0 Å². The van der Waals surface area contributed by atoms with E-state index in [0.29, 0.717) is 0 Å². The summed E-state index contributed by atoms with van der Waals surface area (Å²) < 4.78 is 0. The Labute approximate surface area is 191 Å². The molecule has 25 heavy (non-hydrogen) atoms. The number of hydrogen-bond acceptors (Lipinski definition) is 0. The van der Waals surface area contributed by atoms with Crippen LogP contribution in [0.15, 0.2) is 72.8 Å². The van der Waals surface area contributed by atoms with E-state index in [9.17, 15) is 0 Å². The minimum atomic E-state index is 0. The van der Waals surface area contributed by atoms with Crippen molar-refractivity contribution in [3.05, 3.63) is 84.3 Å². The molecule has 0 aliphatic heterocycles. The minimum Gasteiger partial charge on any atom is -1.00 e. The van der Waals surface area contributed by atoms with Gasteiger partial charge < -0.3 is 37.2 Å². The average Bonchev–Trinajstić information content (AvgIpc) is 2.96. The average molecular weight is 492 g/mol. The third kappa shape index (κ3) is 10.7. The van der Waals surface area contributed by atoms with Gasteiger partial charge in [-0.2, -0.15) is 41.1 Å². The second kappa shape index (κ2) is 16.3. The van der Waals surface area contributed by atoms with Crippen LogP contribution in [0.2, 0.25) is 0 Å². The van der Waals surface area contributed by atoms with E-state index in [-0.39, 0.29) is 71.3 Å². The maximum Gasteiger partial charge on any atom is 3.00 e. The van der Waals surface area contributed by atoms with E-state index in [0.717, 1.165) is 0 Å². The summed E-state index contributed by atoms with van der Waals surface area (Å²) in [5, 5.41) is 2.66. The predicted octanol–water partition coefficient (Wildman–Crippen LogP) is -3.06. The summed E-state index contributed by atoms with van der Waals surface area (Å²) in [7, 11) is 0.199. The molecule has 5 heteroatoms. The molecule has 3 aromatic carbocycles. The van der Waals surface area contributed by atoms with Crippen molar-refractivity contribution in [1.29, 1.82) is 0 Å². The largest absolute Gasteiger partial charge is 3.00 e. The Morgan fingerprint density at radius 1 is 0.840 bits per heavy atom. The van der Waals surface area contributed by atoms with Gasteiger partial charge in [0.1, 0.15) is 0 Å². The third-order valence-electron chi connectivity index (χ3n) is 3.37. The molecule has 0 aromatic heterocycles. The Kier molecular flexibility index (Phi) is 19.5. The Balaban J connectivity index is -0.000000341. The summed E-state index contributed by atoms with van der Waals surface area (Å²) in [5.41, 5.74) is 1.40. The first kappa shape index (κ1) is 29.9. The predicted molar refractivity (Wildman–Crippen MR) is 97.6 cm³/mol. The molecular weight excluding hydrogens is 469 g/mol. The van der Waals surface area contributed by atoms with Crippen molar-refractivity contribution in [2.24, 2.45) is 0 Å². The van der Waals surface area contributed by atoms with Gasteiger partial charge in [-0.3, -0.25) is 0 Å². The van der Waals surface area contributed by atoms with Crippen LogP contribution in [-0.4, -0.2) is 19.5 Å². The van der Waals surface area contributed by atoms with Crippen molar-refractivity contribution in [1.82, 2.24) is 0 Å². The second-order valence-electron chi connectivity index (χ2n) is 5.54. The van der Waals surface area contributed by atoms with Crippen LogP contribution in [0.25, 0.3) is 10.8 Å². The zero-order chi connectivity index (χ0) is 15.1. The Bertz CT molecular complexity index is 626. The van der Waals surface area contributed by atoms with Crippen LogP contribution in [0.5, 0.6) is 0 Å². The first-order chi connectivity index (χ1) is 10.2. The molecule has 0 amide bonds. The molecular formula is C20H23Cl3PZr-2. The number of rotatable bonds is 3. The molecule has 0 atom stereocenters. The number of halogens is 3. The van der Waals surface area contributed by atoms with E-state index >= 15 is 0 Å². The standard InChI is InChI=1S/C11H16P.C9H7.3ClH.Zr/c1-10(9-12(2)3)11-7-5-4-6-8-11;1-2-5-9-7-3-6-8(9)4-1;;;;/h4-8H,9H2,1-3H3;1-7H;3*1H;/q2*-1;;;;+3/p-3. The normalized spacial score (nSPS) is 8.64. The van der Waals surface area contributed by atoms with Crippen LogP contribution < -0.4 is 37.2 Å². The fraction of sp³-hybridized carbons (Fsp3) is 0.200. The van der Waals surface area contributed by atoms with Gasteiger partial charge in [0.15, 0.2) is 0 Å². The maximum atomic E-state index is 2.32. The molecule has 0 fully saturated rings. The topological polar surface area (TPSA) is 0 Å². The summed E-state index contributed by atoms with van der Waals surface area (Å²) in [4.78, 5) is 0. The molecule has 0 spiro atoms. The molecule has 0 aliphatic rings.